The molecule has 7 heteroatoms. The molecule has 2 aromatic heterocycles. The van der Waals surface area contributed by atoms with Crippen LogP contribution >= 0.6 is 0 Å². The largest absolute Gasteiger partial charge is 0.374 e. The zero-order valence-electron chi connectivity index (χ0n) is 14.6. The monoisotopic (exact) mass is 331 g/mol. The molecular weight excluding hydrogens is 306 g/mol. The minimum atomic E-state index is -0.0866. The summed E-state index contributed by atoms with van der Waals surface area (Å²) in [7, 11) is 5.70. The molecule has 0 bridgehead atoms. The van der Waals surface area contributed by atoms with Crippen molar-refractivity contribution in [3.63, 3.8) is 0 Å². The molecular formula is C17H25N5O2. The minimum Gasteiger partial charge on any atom is -0.374 e. The van der Waals surface area contributed by atoms with Gasteiger partial charge in [-0.1, -0.05) is 0 Å². The Morgan fingerprint density at radius 2 is 2.17 bits per heavy atom. The first kappa shape index (κ1) is 16.7. The molecule has 0 spiro atoms. The summed E-state index contributed by atoms with van der Waals surface area (Å²) in [5.41, 5.74) is 1.21. The maximum absolute atomic E-state index is 12.2. The van der Waals surface area contributed by atoms with E-state index in [0.717, 1.165) is 19.6 Å². The first-order valence-electron chi connectivity index (χ1n) is 8.21. The number of aryl methyl sites for hydroxylation is 2. The van der Waals surface area contributed by atoms with Crippen molar-refractivity contribution in [3.05, 3.63) is 46.8 Å². The molecule has 130 valence electrons. The predicted octanol–water partition coefficient (Wildman–Crippen LogP) is 0.456. The molecule has 24 heavy (non-hydrogen) atoms. The first-order valence-corrected chi connectivity index (χ1v) is 8.21. The van der Waals surface area contributed by atoms with Gasteiger partial charge in [-0.15, -0.1) is 0 Å². The van der Waals surface area contributed by atoms with Crippen LogP contribution in [0.5, 0.6) is 0 Å². The Balaban J connectivity index is 1.62. The summed E-state index contributed by atoms with van der Waals surface area (Å²) >= 11 is 0. The van der Waals surface area contributed by atoms with Crippen molar-refractivity contribution in [2.75, 3.05) is 38.2 Å². The lowest BCUT2D eigenvalue weighted by Crippen LogP contribution is -2.47. The number of hydrogen-bond donors (Lipinski definition) is 0. The van der Waals surface area contributed by atoms with Gasteiger partial charge in [-0.2, -0.15) is 0 Å². The number of nitrogens with zero attached hydrogens (tertiary/aromatic N) is 5. The van der Waals surface area contributed by atoms with E-state index in [1.165, 1.54) is 5.69 Å². The lowest BCUT2D eigenvalue weighted by molar-refractivity contribution is -0.0271. The highest BCUT2D eigenvalue weighted by Crippen LogP contribution is 2.12. The van der Waals surface area contributed by atoms with Gasteiger partial charge in [0.05, 0.1) is 12.7 Å². The zero-order chi connectivity index (χ0) is 17.1. The third-order valence-corrected chi connectivity index (χ3v) is 4.50. The molecule has 1 fully saturated rings. The molecule has 0 aromatic carbocycles. The fourth-order valence-corrected chi connectivity index (χ4v) is 3.06. The molecule has 7 nitrogen and oxygen atoms in total. The van der Waals surface area contributed by atoms with E-state index >= 15 is 0 Å². The van der Waals surface area contributed by atoms with E-state index in [1.54, 1.807) is 24.0 Å². The Bertz CT molecular complexity index is 739. The summed E-state index contributed by atoms with van der Waals surface area (Å²) in [6, 6.07) is 4.21. The van der Waals surface area contributed by atoms with Gasteiger partial charge in [0.2, 0.25) is 0 Å². The first-order chi connectivity index (χ1) is 11.5. The van der Waals surface area contributed by atoms with Gasteiger partial charge in [0.1, 0.15) is 0 Å². The van der Waals surface area contributed by atoms with Gasteiger partial charge in [-0.3, -0.25) is 9.69 Å². The second-order valence-electron chi connectivity index (χ2n) is 6.39. The Morgan fingerprint density at radius 1 is 1.33 bits per heavy atom. The fraction of sp³-hybridized carbons (Fsp3) is 0.529. The normalized spacial score (nSPS) is 18.7. The van der Waals surface area contributed by atoms with Crippen molar-refractivity contribution in [2.45, 2.75) is 12.6 Å². The Labute approximate surface area is 142 Å². The summed E-state index contributed by atoms with van der Waals surface area (Å²) in [5, 5.41) is 0. The molecule has 0 unspecified atom stereocenters. The maximum atomic E-state index is 12.2. The molecule has 0 saturated carbocycles. The number of likely N-dealkylation sites (N-methyl/N-ethyl adjacent to an activating group) is 1. The van der Waals surface area contributed by atoms with Crippen LogP contribution in [-0.4, -0.2) is 58.4 Å². The van der Waals surface area contributed by atoms with E-state index in [-0.39, 0.29) is 11.7 Å². The lowest BCUT2D eigenvalue weighted by atomic mass is 10.2. The second kappa shape index (κ2) is 7.19. The summed E-state index contributed by atoms with van der Waals surface area (Å²) in [6.07, 6.45) is 5.45. The standard InChI is InChI=1S/C17H25N5O2/c1-19-7-4-5-14(19)11-22-9-10-24-15(13-22)12-21(3)16-17(23)20(2)8-6-18-16/h4-8,15H,9-13H2,1-3H3/t15-/m1/s1. The predicted molar refractivity (Wildman–Crippen MR) is 93.2 cm³/mol. The van der Waals surface area contributed by atoms with Gasteiger partial charge in [-0.25, -0.2) is 4.98 Å². The molecule has 0 radical (unpaired) electrons. The highest BCUT2D eigenvalue weighted by molar-refractivity contribution is 5.34. The Kier molecular flexibility index (Phi) is 5.01. The van der Waals surface area contributed by atoms with Crippen LogP contribution < -0.4 is 10.5 Å². The number of ether oxygens (including phenoxy) is 1. The Hall–Kier alpha value is -2.12. The van der Waals surface area contributed by atoms with Crippen LogP contribution in [0.1, 0.15) is 5.69 Å². The van der Waals surface area contributed by atoms with Gasteiger partial charge in [-0.05, 0) is 12.1 Å². The van der Waals surface area contributed by atoms with E-state index in [0.29, 0.717) is 19.0 Å². The van der Waals surface area contributed by atoms with E-state index < -0.39 is 0 Å². The summed E-state index contributed by atoms with van der Waals surface area (Å²) in [6.45, 7) is 4.05. The molecule has 3 heterocycles. The third-order valence-electron chi connectivity index (χ3n) is 4.50. The van der Waals surface area contributed by atoms with E-state index in [4.69, 9.17) is 4.74 Å². The fourth-order valence-electron chi connectivity index (χ4n) is 3.06. The molecule has 1 saturated heterocycles. The van der Waals surface area contributed by atoms with E-state index in [9.17, 15) is 4.79 Å². The van der Waals surface area contributed by atoms with Crippen molar-refractivity contribution in [1.29, 1.82) is 0 Å². The van der Waals surface area contributed by atoms with E-state index in [2.05, 4.69) is 39.8 Å². The Morgan fingerprint density at radius 3 is 2.92 bits per heavy atom. The molecule has 3 rings (SSSR count). The van der Waals surface area contributed by atoms with Crippen LogP contribution in [0.4, 0.5) is 5.82 Å². The van der Waals surface area contributed by atoms with Gasteiger partial charge in [0.25, 0.3) is 5.56 Å². The number of morpholine rings is 1. The number of rotatable bonds is 5. The highest BCUT2D eigenvalue weighted by atomic mass is 16.5. The van der Waals surface area contributed by atoms with Crippen molar-refractivity contribution in [3.8, 4) is 0 Å². The van der Waals surface area contributed by atoms with Gasteiger partial charge in [0, 0.05) is 71.6 Å². The maximum Gasteiger partial charge on any atom is 0.293 e. The van der Waals surface area contributed by atoms with Crippen LogP contribution in [0.3, 0.4) is 0 Å². The van der Waals surface area contributed by atoms with Gasteiger partial charge in [0.15, 0.2) is 5.82 Å². The van der Waals surface area contributed by atoms with Crippen molar-refractivity contribution in [2.24, 2.45) is 14.1 Å². The molecule has 0 N–H and O–H groups in total. The van der Waals surface area contributed by atoms with Crippen LogP contribution in [0, 0.1) is 0 Å². The van der Waals surface area contributed by atoms with Crippen molar-refractivity contribution >= 4 is 5.82 Å². The van der Waals surface area contributed by atoms with Gasteiger partial charge < -0.3 is 18.8 Å². The SMILES string of the molecule is CN(C[C@@H]1CN(Cc2cccn2C)CCO1)c1nccn(C)c1=O. The van der Waals surface area contributed by atoms with Crippen LogP contribution in [0.25, 0.3) is 0 Å². The number of aromatic nitrogens is 3. The minimum absolute atomic E-state index is 0.0655. The lowest BCUT2D eigenvalue weighted by Gasteiger charge is -2.35. The quantitative estimate of drug-likeness (QED) is 0.797. The zero-order valence-corrected chi connectivity index (χ0v) is 14.6. The third kappa shape index (κ3) is 3.68. The van der Waals surface area contributed by atoms with Crippen molar-refractivity contribution in [1.82, 2.24) is 19.0 Å². The smallest absolute Gasteiger partial charge is 0.293 e. The van der Waals surface area contributed by atoms with Gasteiger partial charge >= 0.3 is 0 Å². The number of hydrogen-bond acceptors (Lipinski definition) is 5. The molecule has 2 aromatic rings. The number of anilines is 1. The molecule has 0 amide bonds. The average Bonchev–Trinajstić information content (AvgIpc) is 2.95. The summed E-state index contributed by atoms with van der Waals surface area (Å²) in [4.78, 5) is 20.7. The van der Waals surface area contributed by atoms with Crippen LogP contribution in [0.2, 0.25) is 0 Å². The molecule has 1 aliphatic rings. The highest BCUT2D eigenvalue weighted by Gasteiger charge is 2.23. The van der Waals surface area contributed by atoms with Crippen LogP contribution in [-0.2, 0) is 25.4 Å². The topological polar surface area (TPSA) is 55.5 Å². The second-order valence-corrected chi connectivity index (χ2v) is 6.39. The average molecular weight is 331 g/mol. The molecule has 1 atom stereocenters. The van der Waals surface area contributed by atoms with E-state index in [1.807, 2.05) is 11.9 Å². The van der Waals surface area contributed by atoms with Crippen LogP contribution in [0.15, 0.2) is 35.5 Å². The van der Waals surface area contributed by atoms with Crippen molar-refractivity contribution < 1.29 is 4.74 Å². The molecule has 0 aliphatic carbocycles. The summed E-state index contributed by atoms with van der Waals surface area (Å²) < 4.78 is 9.58. The summed E-state index contributed by atoms with van der Waals surface area (Å²) in [5.74, 6) is 0.461. The molecule has 1 aliphatic heterocycles.